The number of hydrogen-bond acceptors (Lipinski definition) is 0. The molecule has 0 saturated heterocycles. The molecule has 0 amide bonds. The maximum Gasteiger partial charge on any atom is 0.0530 e. The van der Waals surface area contributed by atoms with E-state index in [0.717, 1.165) is 12.8 Å². The summed E-state index contributed by atoms with van der Waals surface area (Å²) < 4.78 is 2.31. The first kappa shape index (κ1) is 10.4. The number of rotatable bonds is 2. The third-order valence-corrected chi connectivity index (χ3v) is 3.62. The molecule has 1 heteroatoms. The Morgan fingerprint density at radius 2 is 1.53 bits per heavy atom. The molecule has 0 unspecified atom stereocenters. The van der Waals surface area contributed by atoms with Crippen LogP contribution < -0.4 is 0 Å². The summed E-state index contributed by atoms with van der Waals surface area (Å²) in [7, 11) is 0. The average Bonchev–Trinajstić information content (AvgIpc) is 2.86. The van der Waals surface area contributed by atoms with Gasteiger partial charge in [-0.15, -0.1) is 0 Å². The van der Waals surface area contributed by atoms with Gasteiger partial charge in [0.2, 0.25) is 0 Å². The van der Waals surface area contributed by atoms with E-state index in [9.17, 15) is 0 Å². The second-order valence-corrected chi connectivity index (χ2v) is 4.44. The number of pyridine rings is 1. The fourth-order valence-electron chi connectivity index (χ4n) is 2.89. The van der Waals surface area contributed by atoms with Gasteiger partial charge in [0.15, 0.2) is 0 Å². The Morgan fingerprint density at radius 1 is 0.824 bits per heavy atom. The minimum absolute atomic E-state index is 1.10. The summed E-state index contributed by atoms with van der Waals surface area (Å²) in [5.74, 6) is 0. The van der Waals surface area contributed by atoms with E-state index in [0.29, 0.717) is 0 Å². The van der Waals surface area contributed by atoms with Crippen molar-refractivity contribution in [2.45, 2.75) is 26.7 Å². The number of fused-ring (bicyclic) bond motifs is 3. The van der Waals surface area contributed by atoms with E-state index in [2.05, 4.69) is 60.8 Å². The number of benzene rings is 1. The third kappa shape index (κ3) is 1.39. The van der Waals surface area contributed by atoms with Gasteiger partial charge in [-0.05, 0) is 42.2 Å². The van der Waals surface area contributed by atoms with E-state index in [-0.39, 0.29) is 0 Å². The zero-order valence-corrected chi connectivity index (χ0v) is 10.4. The van der Waals surface area contributed by atoms with Crippen LogP contribution in [0.3, 0.4) is 0 Å². The largest absolute Gasteiger partial charge is 0.316 e. The summed E-state index contributed by atoms with van der Waals surface area (Å²) in [5.41, 5.74) is 5.69. The molecule has 1 nitrogen and oxygen atoms in total. The van der Waals surface area contributed by atoms with Crippen molar-refractivity contribution in [3.63, 3.8) is 0 Å². The van der Waals surface area contributed by atoms with Crippen LogP contribution in [0.5, 0.6) is 0 Å². The minimum atomic E-state index is 1.10. The normalized spacial score (nSPS) is 11.4. The molecule has 2 aromatic heterocycles. The van der Waals surface area contributed by atoms with Crippen molar-refractivity contribution < 1.29 is 0 Å². The Bertz CT molecular complexity index is 676. The zero-order valence-electron chi connectivity index (χ0n) is 10.4. The summed E-state index contributed by atoms with van der Waals surface area (Å²) in [4.78, 5) is 0. The van der Waals surface area contributed by atoms with Crippen LogP contribution in [0.2, 0.25) is 0 Å². The summed E-state index contributed by atoms with van der Waals surface area (Å²) in [6, 6.07) is 13.1. The van der Waals surface area contributed by atoms with Crippen molar-refractivity contribution in [3.8, 4) is 0 Å². The highest BCUT2D eigenvalue weighted by atomic mass is 14.9. The second-order valence-electron chi connectivity index (χ2n) is 4.44. The van der Waals surface area contributed by atoms with Crippen LogP contribution in [0.25, 0.3) is 16.4 Å². The first-order valence-electron chi connectivity index (χ1n) is 6.36. The molecular weight excluding hydrogens is 206 g/mol. The van der Waals surface area contributed by atoms with Crippen molar-refractivity contribution in [2.24, 2.45) is 0 Å². The molecule has 0 aliphatic carbocycles. The van der Waals surface area contributed by atoms with Gasteiger partial charge in [-0.3, -0.25) is 0 Å². The molecule has 0 fully saturated rings. The molecule has 0 atom stereocenters. The van der Waals surface area contributed by atoms with Crippen molar-refractivity contribution in [2.75, 3.05) is 0 Å². The molecule has 0 saturated carbocycles. The van der Waals surface area contributed by atoms with Crippen LogP contribution in [-0.2, 0) is 12.8 Å². The smallest absolute Gasteiger partial charge is 0.0530 e. The highest BCUT2D eigenvalue weighted by molar-refractivity contribution is 5.88. The van der Waals surface area contributed by atoms with Crippen LogP contribution in [0, 0.1) is 0 Å². The van der Waals surface area contributed by atoms with E-state index >= 15 is 0 Å². The summed E-state index contributed by atoms with van der Waals surface area (Å²) in [6.07, 6.45) is 4.36. The van der Waals surface area contributed by atoms with Gasteiger partial charge in [-0.2, -0.15) is 0 Å². The molecule has 0 N–H and O–H groups in total. The monoisotopic (exact) mass is 223 g/mol. The lowest BCUT2D eigenvalue weighted by Gasteiger charge is -2.14. The fraction of sp³-hybridized carbons (Fsp3) is 0.250. The van der Waals surface area contributed by atoms with Crippen LogP contribution in [0.1, 0.15) is 25.0 Å². The van der Waals surface area contributed by atoms with E-state index in [4.69, 9.17) is 0 Å². The van der Waals surface area contributed by atoms with Crippen LogP contribution >= 0.6 is 0 Å². The van der Waals surface area contributed by atoms with Gasteiger partial charge in [0.05, 0.1) is 5.52 Å². The van der Waals surface area contributed by atoms with Gasteiger partial charge in [-0.1, -0.05) is 32.0 Å². The quantitative estimate of drug-likeness (QED) is 0.612. The predicted octanol–water partition coefficient (Wildman–Crippen LogP) is 4.22. The van der Waals surface area contributed by atoms with Gasteiger partial charge >= 0.3 is 0 Å². The van der Waals surface area contributed by atoms with E-state index in [1.165, 1.54) is 27.5 Å². The predicted molar refractivity (Wildman–Crippen MR) is 73.7 cm³/mol. The van der Waals surface area contributed by atoms with Gasteiger partial charge in [0.25, 0.3) is 0 Å². The first-order chi connectivity index (χ1) is 8.36. The Hall–Kier alpha value is -1.76. The molecule has 17 heavy (non-hydrogen) atoms. The molecule has 0 radical (unpaired) electrons. The molecule has 3 rings (SSSR count). The molecule has 86 valence electrons. The lowest BCUT2D eigenvalue weighted by Crippen LogP contribution is -1.99. The number of para-hydroxylation sites is 1. The third-order valence-electron chi connectivity index (χ3n) is 3.62. The van der Waals surface area contributed by atoms with Gasteiger partial charge in [0.1, 0.15) is 0 Å². The van der Waals surface area contributed by atoms with Crippen LogP contribution in [0.15, 0.2) is 42.6 Å². The first-order valence-corrected chi connectivity index (χ1v) is 6.36. The maximum atomic E-state index is 2.31. The van der Waals surface area contributed by atoms with E-state index < -0.39 is 0 Å². The molecule has 0 aliphatic heterocycles. The molecule has 3 aromatic rings. The lowest BCUT2D eigenvalue weighted by molar-refractivity contribution is 1.04. The molecule has 1 aromatic carbocycles. The van der Waals surface area contributed by atoms with Crippen molar-refractivity contribution in [1.29, 1.82) is 0 Å². The maximum absolute atomic E-state index is 2.31. The van der Waals surface area contributed by atoms with E-state index in [1.54, 1.807) is 0 Å². The van der Waals surface area contributed by atoms with E-state index in [1.807, 2.05) is 0 Å². The molecule has 0 spiro atoms. The highest BCUT2D eigenvalue weighted by Crippen LogP contribution is 2.28. The SMILES string of the molecule is CCc1c(CC)c2cccn2c2ccccc12. The Balaban J connectivity index is 2.60. The Labute approximate surface area is 102 Å². The Kier molecular flexibility index (Phi) is 2.40. The number of aromatic nitrogens is 1. The molecular formula is C16H17N. The second kappa shape index (κ2) is 3.92. The fourth-order valence-corrected chi connectivity index (χ4v) is 2.89. The number of hydrogen-bond donors (Lipinski definition) is 0. The van der Waals surface area contributed by atoms with Gasteiger partial charge in [0, 0.05) is 17.1 Å². The molecule has 0 bridgehead atoms. The van der Waals surface area contributed by atoms with Crippen molar-refractivity contribution >= 4 is 16.4 Å². The highest BCUT2D eigenvalue weighted by Gasteiger charge is 2.10. The standard InChI is InChI=1S/C16H17N/c1-3-12-13(4-2)15-10-7-11-17(15)16-9-6-5-8-14(12)16/h5-11H,3-4H2,1-2H3. The lowest BCUT2D eigenvalue weighted by atomic mass is 9.98. The number of nitrogens with zero attached hydrogens (tertiary/aromatic N) is 1. The van der Waals surface area contributed by atoms with Crippen molar-refractivity contribution in [1.82, 2.24) is 4.40 Å². The summed E-state index contributed by atoms with van der Waals surface area (Å²) in [5, 5.41) is 1.40. The van der Waals surface area contributed by atoms with Crippen LogP contribution in [0.4, 0.5) is 0 Å². The van der Waals surface area contributed by atoms with Gasteiger partial charge in [-0.25, -0.2) is 0 Å². The van der Waals surface area contributed by atoms with Crippen molar-refractivity contribution in [3.05, 3.63) is 53.7 Å². The minimum Gasteiger partial charge on any atom is -0.316 e. The number of aryl methyl sites for hydroxylation is 2. The Morgan fingerprint density at radius 3 is 2.29 bits per heavy atom. The van der Waals surface area contributed by atoms with Crippen LogP contribution in [-0.4, -0.2) is 4.40 Å². The zero-order chi connectivity index (χ0) is 11.8. The summed E-state index contributed by atoms with van der Waals surface area (Å²) in [6.45, 7) is 4.50. The average molecular weight is 223 g/mol. The topological polar surface area (TPSA) is 4.41 Å². The molecule has 0 aliphatic rings. The molecule has 2 heterocycles. The summed E-state index contributed by atoms with van der Waals surface area (Å²) >= 11 is 0. The van der Waals surface area contributed by atoms with Gasteiger partial charge < -0.3 is 4.40 Å².